The van der Waals surface area contributed by atoms with E-state index in [0.717, 1.165) is 39.1 Å². The van der Waals surface area contributed by atoms with Crippen molar-refractivity contribution in [3.8, 4) is 0 Å². The smallest absolute Gasteiger partial charge is 0.0734 e. The Kier molecular flexibility index (Phi) is 4.38. The van der Waals surface area contributed by atoms with E-state index in [9.17, 15) is 0 Å². The van der Waals surface area contributed by atoms with Gasteiger partial charge in [-0.25, -0.2) is 0 Å². The predicted molar refractivity (Wildman–Crippen MR) is 111 cm³/mol. The average molecular weight is 361 g/mol. The maximum atomic E-state index is 5.48. The zero-order chi connectivity index (χ0) is 18.2. The summed E-state index contributed by atoms with van der Waals surface area (Å²) < 4.78 is 5.48. The van der Waals surface area contributed by atoms with Crippen LogP contribution in [0.25, 0.3) is 10.9 Å². The number of hydrogen-bond acceptors (Lipinski definition) is 3. The molecule has 4 heteroatoms. The van der Waals surface area contributed by atoms with Gasteiger partial charge in [0.2, 0.25) is 0 Å². The van der Waals surface area contributed by atoms with E-state index in [1.807, 2.05) is 0 Å². The van der Waals surface area contributed by atoms with Crippen molar-refractivity contribution in [1.29, 1.82) is 0 Å². The minimum Gasteiger partial charge on any atom is -0.378 e. The summed E-state index contributed by atoms with van der Waals surface area (Å²) in [6.45, 7) is 5.87. The highest BCUT2D eigenvalue weighted by Gasteiger charge is 2.29. The van der Waals surface area contributed by atoms with Gasteiger partial charge in [0.15, 0.2) is 0 Å². The van der Waals surface area contributed by atoms with Gasteiger partial charge < -0.3 is 19.9 Å². The molecule has 0 saturated carbocycles. The van der Waals surface area contributed by atoms with Crippen molar-refractivity contribution in [2.75, 3.05) is 31.2 Å². The van der Waals surface area contributed by atoms with Gasteiger partial charge in [0.1, 0.15) is 0 Å². The molecule has 27 heavy (non-hydrogen) atoms. The van der Waals surface area contributed by atoms with Crippen LogP contribution in [0.1, 0.15) is 36.2 Å². The van der Waals surface area contributed by atoms with E-state index in [4.69, 9.17) is 4.74 Å². The third kappa shape index (κ3) is 3.03. The van der Waals surface area contributed by atoms with Crippen molar-refractivity contribution in [2.24, 2.45) is 0 Å². The third-order valence-corrected chi connectivity index (χ3v) is 6.08. The lowest BCUT2D eigenvalue weighted by Crippen LogP contribution is -2.39. The lowest BCUT2D eigenvalue weighted by Gasteiger charge is -2.32. The normalized spacial score (nSPS) is 22.8. The quantitative estimate of drug-likeness (QED) is 0.740. The predicted octanol–water partition coefficient (Wildman–Crippen LogP) is 4.02. The molecule has 5 rings (SSSR count). The number of nitrogens with one attached hydrogen (secondary N) is 2. The Morgan fingerprint density at radius 3 is 2.59 bits per heavy atom. The first-order chi connectivity index (χ1) is 13.3. The number of aromatic amines is 1. The van der Waals surface area contributed by atoms with Gasteiger partial charge in [-0.1, -0.05) is 37.3 Å². The van der Waals surface area contributed by atoms with Gasteiger partial charge in [0.25, 0.3) is 0 Å². The number of H-pyrrole nitrogens is 1. The van der Waals surface area contributed by atoms with E-state index in [1.54, 1.807) is 0 Å². The van der Waals surface area contributed by atoms with Crippen molar-refractivity contribution in [2.45, 2.75) is 31.8 Å². The number of ether oxygens (including phenoxy) is 1. The minimum absolute atomic E-state index is 0.227. The van der Waals surface area contributed by atoms with Crippen molar-refractivity contribution in [3.05, 3.63) is 65.4 Å². The van der Waals surface area contributed by atoms with E-state index in [2.05, 4.69) is 70.7 Å². The van der Waals surface area contributed by atoms with Crippen LogP contribution in [0.15, 0.2) is 48.5 Å². The fourth-order valence-electron chi connectivity index (χ4n) is 4.54. The van der Waals surface area contributed by atoms with Crippen LogP contribution in [0, 0.1) is 0 Å². The first-order valence-corrected chi connectivity index (χ1v) is 10.1. The molecule has 0 bridgehead atoms. The highest BCUT2D eigenvalue weighted by atomic mass is 16.5. The second-order valence-corrected chi connectivity index (χ2v) is 7.66. The molecule has 3 aromatic rings. The number of hydrogen-bond donors (Lipinski definition) is 2. The molecular formula is C23H27N3O. The Bertz CT molecular complexity index is 924. The van der Waals surface area contributed by atoms with E-state index in [0.29, 0.717) is 6.04 Å². The molecule has 2 atom stereocenters. The lowest BCUT2D eigenvalue weighted by molar-refractivity contribution is 0.122. The summed E-state index contributed by atoms with van der Waals surface area (Å²) in [5.74, 6) is 0. The van der Waals surface area contributed by atoms with Crippen molar-refractivity contribution in [1.82, 2.24) is 10.3 Å². The Balaban J connectivity index is 1.51. The van der Waals surface area contributed by atoms with Gasteiger partial charge >= 0.3 is 0 Å². The van der Waals surface area contributed by atoms with Crippen molar-refractivity contribution in [3.63, 3.8) is 0 Å². The number of nitrogens with zero attached hydrogens (tertiary/aromatic N) is 1. The summed E-state index contributed by atoms with van der Waals surface area (Å²) in [6, 6.07) is 18.5. The monoisotopic (exact) mass is 361 g/mol. The maximum Gasteiger partial charge on any atom is 0.0734 e. The van der Waals surface area contributed by atoms with Crippen LogP contribution in [0.3, 0.4) is 0 Å². The van der Waals surface area contributed by atoms with Gasteiger partial charge in [-0.3, -0.25) is 0 Å². The number of aromatic nitrogens is 1. The molecule has 2 N–H and O–H groups in total. The Labute approximate surface area is 160 Å². The Morgan fingerprint density at radius 2 is 1.81 bits per heavy atom. The molecule has 140 valence electrons. The van der Waals surface area contributed by atoms with Crippen molar-refractivity contribution >= 4 is 16.6 Å². The topological polar surface area (TPSA) is 40.3 Å². The molecule has 2 aliphatic heterocycles. The van der Waals surface area contributed by atoms with Gasteiger partial charge in [0, 0.05) is 41.4 Å². The molecule has 0 aliphatic carbocycles. The van der Waals surface area contributed by atoms with Crippen LogP contribution in [0.2, 0.25) is 0 Å². The summed E-state index contributed by atoms with van der Waals surface area (Å²) in [5, 5.41) is 5.25. The van der Waals surface area contributed by atoms with E-state index in [1.165, 1.54) is 33.4 Å². The number of anilines is 1. The van der Waals surface area contributed by atoms with E-state index in [-0.39, 0.29) is 6.04 Å². The van der Waals surface area contributed by atoms with Crippen LogP contribution in [0.5, 0.6) is 0 Å². The van der Waals surface area contributed by atoms with E-state index >= 15 is 0 Å². The van der Waals surface area contributed by atoms with Crippen molar-refractivity contribution < 1.29 is 4.74 Å². The Morgan fingerprint density at radius 1 is 1.04 bits per heavy atom. The summed E-state index contributed by atoms with van der Waals surface area (Å²) in [7, 11) is 0. The molecule has 2 aliphatic rings. The fourth-order valence-corrected chi connectivity index (χ4v) is 4.54. The number of rotatable bonds is 3. The standard InChI is InChI=1S/C23H27N3O/c1-2-17-15-20-19-5-3-4-6-21(19)25-23(20)22(24-17)16-7-9-18(10-8-16)26-11-13-27-14-12-26/h3-10,17,22,24-25H,2,11-15H2,1H3/t17-,22-/m0/s1. The van der Waals surface area contributed by atoms with Crippen LogP contribution in [-0.2, 0) is 11.2 Å². The first kappa shape index (κ1) is 16.8. The van der Waals surface area contributed by atoms with Gasteiger partial charge in [-0.15, -0.1) is 0 Å². The van der Waals surface area contributed by atoms with Crippen LogP contribution >= 0.6 is 0 Å². The number of morpholine rings is 1. The minimum atomic E-state index is 0.227. The van der Waals surface area contributed by atoms with Crippen LogP contribution in [0.4, 0.5) is 5.69 Å². The van der Waals surface area contributed by atoms with E-state index < -0.39 is 0 Å². The highest BCUT2D eigenvalue weighted by Crippen LogP contribution is 2.36. The Hall–Kier alpha value is -2.30. The molecule has 1 saturated heterocycles. The zero-order valence-electron chi connectivity index (χ0n) is 15.9. The summed E-state index contributed by atoms with van der Waals surface area (Å²) in [4.78, 5) is 6.11. The second kappa shape index (κ2) is 7.02. The van der Waals surface area contributed by atoms with Gasteiger partial charge in [0.05, 0.1) is 19.3 Å². The average Bonchev–Trinajstić information content (AvgIpc) is 3.12. The zero-order valence-corrected chi connectivity index (χ0v) is 15.9. The SMILES string of the molecule is CC[C@H]1Cc2c([nH]c3ccccc23)[C@H](c2ccc(N3CCOCC3)cc2)N1. The molecule has 0 unspecified atom stereocenters. The first-order valence-electron chi connectivity index (χ1n) is 10.1. The molecule has 0 radical (unpaired) electrons. The molecule has 0 spiro atoms. The largest absolute Gasteiger partial charge is 0.378 e. The summed E-state index contributed by atoms with van der Waals surface area (Å²) in [6.07, 6.45) is 2.24. The molecule has 4 nitrogen and oxygen atoms in total. The number of benzene rings is 2. The lowest BCUT2D eigenvalue weighted by atomic mass is 9.89. The molecule has 3 heterocycles. The third-order valence-electron chi connectivity index (χ3n) is 6.08. The number of fused-ring (bicyclic) bond motifs is 3. The molecule has 0 amide bonds. The molecular weight excluding hydrogens is 334 g/mol. The maximum absolute atomic E-state index is 5.48. The fraction of sp³-hybridized carbons (Fsp3) is 0.391. The number of para-hydroxylation sites is 1. The van der Waals surface area contributed by atoms with Crippen LogP contribution in [-0.4, -0.2) is 37.3 Å². The molecule has 2 aromatic carbocycles. The van der Waals surface area contributed by atoms with Gasteiger partial charge in [-0.2, -0.15) is 0 Å². The van der Waals surface area contributed by atoms with Gasteiger partial charge in [-0.05, 0) is 42.2 Å². The summed E-state index contributed by atoms with van der Waals surface area (Å²) in [5.41, 5.74) is 6.69. The summed E-state index contributed by atoms with van der Waals surface area (Å²) >= 11 is 0. The molecule has 1 fully saturated rings. The van der Waals surface area contributed by atoms with Crippen LogP contribution < -0.4 is 10.2 Å². The molecule has 1 aromatic heterocycles. The highest BCUT2D eigenvalue weighted by molar-refractivity contribution is 5.85. The second-order valence-electron chi connectivity index (χ2n) is 7.66.